The van der Waals surface area contributed by atoms with Gasteiger partial charge in [-0.2, -0.15) is 8.78 Å². The summed E-state index contributed by atoms with van der Waals surface area (Å²) in [5.74, 6) is 2.02. The molecular formula is C28H26F2N6. The van der Waals surface area contributed by atoms with Gasteiger partial charge in [0.2, 0.25) is 11.9 Å². The third-order valence-corrected chi connectivity index (χ3v) is 8.42. The molecule has 6 atom stereocenters. The number of aromatic amines is 2. The fourth-order valence-corrected chi connectivity index (χ4v) is 6.16. The minimum absolute atomic E-state index is 0.116. The Morgan fingerprint density at radius 2 is 0.944 bits per heavy atom. The van der Waals surface area contributed by atoms with E-state index in [0.29, 0.717) is 35.1 Å². The molecular weight excluding hydrogens is 458 g/mol. The fourth-order valence-electron chi connectivity index (χ4n) is 6.16. The van der Waals surface area contributed by atoms with Crippen LogP contribution >= 0.6 is 0 Å². The molecule has 36 heavy (non-hydrogen) atoms. The summed E-state index contributed by atoms with van der Waals surface area (Å²) in [7, 11) is 0. The first-order chi connectivity index (χ1) is 17.6. The second-order valence-corrected chi connectivity index (χ2v) is 10.8. The zero-order valence-electron chi connectivity index (χ0n) is 19.6. The van der Waals surface area contributed by atoms with Crippen molar-refractivity contribution in [3.8, 4) is 33.6 Å². The van der Waals surface area contributed by atoms with Crippen molar-refractivity contribution in [1.82, 2.24) is 30.6 Å². The van der Waals surface area contributed by atoms with Gasteiger partial charge >= 0.3 is 0 Å². The highest BCUT2D eigenvalue weighted by molar-refractivity contribution is 5.71. The molecule has 6 nitrogen and oxygen atoms in total. The number of halogens is 2. The number of H-pyrrole nitrogens is 2. The van der Waals surface area contributed by atoms with E-state index >= 15 is 0 Å². The Labute approximate surface area is 207 Å². The first kappa shape index (κ1) is 20.8. The SMILES string of the molecule is Fc1[nH]c([C@@H]2C[C@H]3CC3N2)nc1-c1ccc(-c2ccc(-c3nc([C@@H]4C[C@H]5C[C@H]5N4)[nH]c3F)cc2)cc1. The van der Waals surface area contributed by atoms with Crippen molar-refractivity contribution in [3.63, 3.8) is 0 Å². The molecule has 4 fully saturated rings. The summed E-state index contributed by atoms with van der Waals surface area (Å²) in [4.78, 5) is 14.8. The van der Waals surface area contributed by atoms with Crippen molar-refractivity contribution in [1.29, 1.82) is 0 Å². The Kier molecular flexibility index (Phi) is 4.37. The average Bonchev–Trinajstić information content (AvgIpc) is 3.51. The zero-order chi connectivity index (χ0) is 24.0. The van der Waals surface area contributed by atoms with Crippen LogP contribution in [-0.4, -0.2) is 32.0 Å². The lowest BCUT2D eigenvalue weighted by molar-refractivity contribution is 0.528. The smallest absolute Gasteiger partial charge is 0.219 e. The summed E-state index contributed by atoms with van der Waals surface area (Å²) in [6, 6.07) is 16.8. The highest BCUT2D eigenvalue weighted by atomic mass is 19.1. The normalized spacial score (nSPS) is 29.8. The Morgan fingerprint density at radius 3 is 1.31 bits per heavy atom. The van der Waals surface area contributed by atoms with Crippen LogP contribution in [0.1, 0.15) is 49.4 Å². The molecule has 0 bridgehead atoms. The maximum atomic E-state index is 14.7. The van der Waals surface area contributed by atoms with Crippen LogP contribution in [0.3, 0.4) is 0 Å². The van der Waals surface area contributed by atoms with Crippen LogP contribution < -0.4 is 10.6 Å². The van der Waals surface area contributed by atoms with Crippen LogP contribution in [0.5, 0.6) is 0 Å². The second kappa shape index (κ2) is 7.57. The molecule has 4 N–H and O–H groups in total. The Morgan fingerprint density at radius 1 is 0.556 bits per heavy atom. The van der Waals surface area contributed by atoms with Gasteiger partial charge in [-0.15, -0.1) is 0 Å². The lowest BCUT2D eigenvalue weighted by Gasteiger charge is -2.09. The number of fused-ring (bicyclic) bond motifs is 2. The van der Waals surface area contributed by atoms with Crippen LogP contribution in [0.25, 0.3) is 33.6 Å². The van der Waals surface area contributed by atoms with Crippen molar-refractivity contribution in [2.45, 2.75) is 49.9 Å². The van der Waals surface area contributed by atoms with E-state index in [1.807, 2.05) is 48.5 Å². The molecule has 2 aliphatic heterocycles. The maximum Gasteiger partial charge on any atom is 0.219 e. The van der Waals surface area contributed by atoms with Crippen LogP contribution in [0.15, 0.2) is 48.5 Å². The molecule has 0 amide bonds. The summed E-state index contributed by atoms with van der Waals surface area (Å²) in [5, 5.41) is 7.02. The molecule has 0 spiro atoms. The zero-order valence-corrected chi connectivity index (χ0v) is 19.6. The van der Waals surface area contributed by atoms with Gasteiger partial charge < -0.3 is 20.6 Å². The van der Waals surface area contributed by atoms with Crippen molar-refractivity contribution >= 4 is 0 Å². The summed E-state index contributed by atoms with van der Waals surface area (Å²) >= 11 is 0. The molecule has 2 saturated heterocycles. The number of hydrogen-bond acceptors (Lipinski definition) is 4. The molecule has 4 aromatic rings. The van der Waals surface area contributed by atoms with Crippen LogP contribution in [0.4, 0.5) is 8.78 Å². The van der Waals surface area contributed by atoms with Gasteiger partial charge in [-0.3, -0.25) is 0 Å². The maximum absolute atomic E-state index is 14.7. The van der Waals surface area contributed by atoms with Crippen LogP contribution in [0, 0.1) is 23.7 Å². The van der Waals surface area contributed by atoms with E-state index in [9.17, 15) is 8.78 Å². The second-order valence-electron chi connectivity index (χ2n) is 10.8. The van der Waals surface area contributed by atoms with E-state index in [1.54, 1.807) is 0 Å². The molecule has 2 aliphatic carbocycles. The Balaban J connectivity index is 1.00. The van der Waals surface area contributed by atoms with Gasteiger partial charge in [0.1, 0.15) is 23.0 Å². The highest BCUT2D eigenvalue weighted by Gasteiger charge is 2.47. The first-order valence-corrected chi connectivity index (χ1v) is 12.8. The molecule has 2 saturated carbocycles. The van der Waals surface area contributed by atoms with Crippen molar-refractivity contribution in [2.24, 2.45) is 11.8 Å². The minimum Gasteiger partial charge on any atom is -0.317 e. The minimum atomic E-state index is -0.394. The van der Waals surface area contributed by atoms with Gasteiger partial charge in [-0.25, -0.2) is 9.97 Å². The van der Waals surface area contributed by atoms with Gasteiger partial charge in [0.05, 0.1) is 12.1 Å². The largest absolute Gasteiger partial charge is 0.317 e. The molecule has 2 aromatic carbocycles. The van der Waals surface area contributed by atoms with Crippen molar-refractivity contribution < 1.29 is 8.78 Å². The predicted molar refractivity (Wildman–Crippen MR) is 132 cm³/mol. The summed E-state index contributed by atoms with van der Waals surface area (Å²) in [6.07, 6.45) is 4.50. The Hall–Kier alpha value is -3.36. The number of nitrogens with zero attached hydrogens (tertiary/aromatic N) is 2. The number of hydrogen-bond donors (Lipinski definition) is 4. The van der Waals surface area contributed by atoms with E-state index in [4.69, 9.17) is 0 Å². The van der Waals surface area contributed by atoms with Gasteiger partial charge in [-0.05, 0) is 48.6 Å². The molecule has 4 heterocycles. The van der Waals surface area contributed by atoms with Gasteiger partial charge in [0.15, 0.2) is 0 Å². The summed E-state index contributed by atoms with van der Waals surface area (Å²) in [5.41, 5.74) is 4.18. The van der Waals surface area contributed by atoms with Crippen LogP contribution in [0.2, 0.25) is 0 Å². The van der Waals surface area contributed by atoms with Gasteiger partial charge in [0, 0.05) is 23.2 Å². The standard InChI is InChI=1S/C28H26F2N6/c29-25-23(33-27(35-25)21-11-17-9-19(17)31-21)15-5-1-13(2-6-15)14-3-7-16(8-4-14)24-26(30)36-28(34-24)22-12-18-10-20(18)32-22/h1-8,17-22,31-32H,9-12H2,(H,33,35)(H,34,36)/t17-,18-,19-,20?,21+,22+/m1/s1. The number of rotatable bonds is 5. The third kappa shape index (κ3) is 3.43. The predicted octanol–water partition coefficient (Wildman–Crippen LogP) is 5.26. The number of piperidine rings is 2. The molecule has 8 heteroatoms. The van der Waals surface area contributed by atoms with E-state index in [-0.39, 0.29) is 12.1 Å². The monoisotopic (exact) mass is 484 g/mol. The quantitative estimate of drug-likeness (QED) is 0.312. The molecule has 182 valence electrons. The van der Waals surface area contributed by atoms with Crippen molar-refractivity contribution in [3.05, 3.63) is 72.1 Å². The number of imidazole rings is 2. The molecule has 4 aliphatic rings. The van der Waals surface area contributed by atoms with Gasteiger partial charge in [0.25, 0.3) is 0 Å². The first-order valence-electron chi connectivity index (χ1n) is 12.8. The van der Waals surface area contributed by atoms with E-state index in [2.05, 4.69) is 30.6 Å². The summed E-state index contributed by atoms with van der Waals surface area (Å²) < 4.78 is 29.3. The lowest BCUT2D eigenvalue weighted by Crippen LogP contribution is -2.18. The van der Waals surface area contributed by atoms with Gasteiger partial charge in [-0.1, -0.05) is 48.5 Å². The topological polar surface area (TPSA) is 81.4 Å². The number of nitrogens with one attached hydrogen (secondary N) is 4. The lowest BCUT2D eigenvalue weighted by atomic mass is 10.0. The molecule has 8 rings (SSSR count). The average molecular weight is 485 g/mol. The fraction of sp³-hybridized carbons (Fsp3) is 0.357. The van der Waals surface area contributed by atoms with Crippen molar-refractivity contribution in [2.75, 3.05) is 0 Å². The van der Waals surface area contributed by atoms with Crippen LogP contribution in [-0.2, 0) is 0 Å². The third-order valence-electron chi connectivity index (χ3n) is 8.42. The van der Waals surface area contributed by atoms with E-state index < -0.39 is 11.9 Å². The number of benzene rings is 2. The van der Waals surface area contributed by atoms with E-state index in [0.717, 1.165) is 46.9 Å². The highest BCUT2D eigenvalue weighted by Crippen LogP contribution is 2.46. The Bertz CT molecular complexity index is 1320. The summed E-state index contributed by atoms with van der Waals surface area (Å²) in [6.45, 7) is 0. The molecule has 0 radical (unpaired) electrons. The number of aromatic nitrogens is 4. The van der Waals surface area contributed by atoms with E-state index in [1.165, 1.54) is 12.8 Å². The molecule has 2 aromatic heterocycles. The molecule has 1 unspecified atom stereocenters.